The van der Waals surface area contributed by atoms with Crippen molar-refractivity contribution >= 4 is 5.91 Å². The summed E-state index contributed by atoms with van der Waals surface area (Å²) in [5.41, 5.74) is 0.843. The van der Waals surface area contributed by atoms with Crippen molar-refractivity contribution < 1.29 is 9.53 Å². The van der Waals surface area contributed by atoms with Crippen LogP contribution in [0.4, 0.5) is 0 Å². The average Bonchev–Trinajstić information content (AvgIpc) is 3.07. The van der Waals surface area contributed by atoms with Crippen molar-refractivity contribution in [1.82, 2.24) is 9.47 Å². The van der Waals surface area contributed by atoms with Gasteiger partial charge in [-0.15, -0.1) is 0 Å². The second kappa shape index (κ2) is 6.77. The van der Waals surface area contributed by atoms with Gasteiger partial charge in [-0.05, 0) is 25.8 Å². The molecule has 23 heavy (non-hydrogen) atoms. The van der Waals surface area contributed by atoms with E-state index in [1.54, 1.807) is 17.7 Å². The summed E-state index contributed by atoms with van der Waals surface area (Å²) >= 11 is 0. The molecule has 126 valence electrons. The van der Waals surface area contributed by atoms with Gasteiger partial charge in [0.15, 0.2) is 0 Å². The standard InChI is InChI=1S/C18H26N2O3/c1-13-11-16(12-17(21)19(13)2)23-15-7-9-20(10-8-15)18(22)14-5-3-4-6-14/h11-12,14-15H,3-10H2,1-2H3. The number of amides is 1. The Labute approximate surface area is 137 Å². The number of likely N-dealkylation sites (tertiary alicyclic amines) is 1. The van der Waals surface area contributed by atoms with Crippen LogP contribution in [0.2, 0.25) is 0 Å². The Bertz CT molecular complexity index is 624. The highest BCUT2D eigenvalue weighted by Gasteiger charge is 2.30. The summed E-state index contributed by atoms with van der Waals surface area (Å²) in [5, 5.41) is 0. The number of nitrogens with zero attached hydrogens (tertiary/aromatic N) is 2. The lowest BCUT2D eigenvalue weighted by atomic mass is 10.0. The molecule has 1 saturated heterocycles. The highest BCUT2D eigenvalue weighted by molar-refractivity contribution is 5.79. The summed E-state index contributed by atoms with van der Waals surface area (Å²) in [7, 11) is 1.76. The number of carbonyl (C=O) groups excluding carboxylic acids is 1. The summed E-state index contributed by atoms with van der Waals surface area (Å²) in [6, 6.07) is 3.44. The fraction of sp³-hybridized carbons (Fsp3) is 0.667. The van der Waals surface area contributed by atoms with E-state index in [2.05, 4.69) is 0 Å². The van der Waals surface area contributed by atoms with Crippen LogP contribution in [0, 0.1) is 12.8 Å². The van der Waals surface area contributed by atoms with Crippen LogP contribution in [-0.2, 0) is 11.8 Å². The summed E-state index contributed by atoms with van der Waals surface area (Å²) in [6.45, 7) is 3.44. The van der Waals surface area contributed by atoms with Gasteiger partial charge < -0.3 is 14.2 Å². The van der Waals surface area contributed by atoms with E-state index in [9.17, 15) is 9.59 Å². The molecule has 0 unspecified atom stereocenters. The van der Waals surface area contributed by atoms with Crippen LogP contribution in [0.5, 0.6) is 5.75 Å². The maximum Gasteiger partial charge on any atom is 0.254 e. The third kappa shape index (κ3) is 3.59. The van der Waals surface area contributed by atoms with E-state index in [1.165, 1.54) is 12.8 Å². The minimum Gasteiger partial charge on any atom is -0.490 e. The van der Waals surface area contributed by atoms with Crippen LogP contribution < -0.4 is 10.3 Å². The first-order valence-electron chi connectivity index (χ1n) is 8.67. The lowest BCUT2D eigenvalue weighted by molar-refractivity contribution is -0.137. The van der Waals surface area contributed by atoms with Crippen molar-refractivity contribution in [3.05, 3.63) is 28.2 Å². The van der Waals surface area contributed by atoms with Crippen molar-refractivity contribution in [1.29, 1.82) is 0 Å². The van der Waals surface area contributed by atoms with Crippen LogP contribution in [0.15, 0.2) is 16.9 Å². The lowest BCUT2D eigenvalue weighted by Crippen LogP contribution is -2.44. The molecule has 5 heteroatoms. The fourth-order valence-electron chi connectivity index (χ4n) is 3.62. The summed E-state index contributed by atoms with van der Waals surface area (Å²) in [5.74, 6) is 1.24. The molecule has 0 spiro atoms. The van der Waals surface area contributed by atoms with Gasteiger partial charge >= 0.3 is 0 Å². The van der Waals surface area contributed by atoms with Gasteiger partial charge in [0.2, 0.25) is 5.91 Å². The predicted molar refractivity (Wildman–Crippen MR) is 88.6 cm³/mol. The first kappa shape index (κ1) is 16.1. The Kier molecular flexibility index (Phi) is 4.74. The van der Waals surface area contributed by atoms with E-state index in [0.717, 1.165) is 44.5 Å². The Morgan fingerprint density at radius 1 is 1.13 bits per heavy atom. The van der Waals surface area contributed by atoms with Gasteiger partial charge in [0.05, 0.1) is 0 Å². The van der Waals surface area contributed by atoms with Gasteiger partial charge in [0.25, 0.3) is 5.56 Å². The first-order chi connectivity index (χ1) is 11.0. The molecule has 2 fully saturated rings. The van der Waals surface area contributed by atoms with Crippen LogP contribution >= 0.6 is 0 Å². The molecule has 1 aromatic heterocycles. The molecule has 1 saturated carbocycles. The van der Waals surface area contributed by atoms with Crippen molar-refractivity contribution in [2.75, 3.05) is 13.1 Å². The molecule has 5 nitrogen and oxygen atoms in total. The number of aryl methyl sites for hydroxylation is 1. The van der Waals surface area contributed by atoms with E-state index in [4.69, 9.17) is 4.74 Å². The number of hydrogen-bond acceptors (Lipinski definition) is 3. The zero-order valence-corrected chi connectivity index (χ0v) is 14.1. The van der Waals surface area contributed by atoms with Gasteiger partial charge in [0.1, 0.15) is 11.9 Å². The Balaban J connectivity index is 1.55. The molecule has 2 heterocycles. The van der Waals surface area contributed by atoms with Crippen LogP contribution in [-0.4, -0.2) is 34.6 Å². The second-order valence-corrected chi connectivity index (χ2v) is 6.85. The number of carbonyl (C=O) groups is 1. The quantitative estimate of drug-likeness (QED) is 0.859. The zero-order chi connectivity index (χ0) is 16.4. The van der Waals surface area contributed by atoms with Crippen LogP contribution in [0.3, 0.4) is 0 Å². The molecule has 0 radical (unpaired) electrons. The van der Waals surface area contributed by atoms with E-state index in [0.29, 0.717) is 11.7 Å². The third-order valence-electron chi connectivity index (χ3n) is 5.24. The average molecular weight is 318 g/mol. The van der Waals surface area contributed by atoms with Gasteiger partial charge in [-0.1, -0.05) is 12.8 Å². The molecule has 1 amide bonds. The highest BCUT2D eigenvalue weighted by atomic mass is 16.5. The number of rotatable bonds is 3. The van der Waals surface area contributed by atoms with Crippen LogP contribution in [0.25, 0.3) is 0 Å². The topological polar surface area (TPSA) is 51.5 Å². The SMILES string of the molecule is Cc1cc(OC2CCN(C(=O)C3CCCC3)CC2)cc(=O)n1C. The Morgan fingerprint density at radius 2 is 1.78 bits per heavy atom. The van der Waals surface area contributed by atoms with E-state index < -0.39 is 0 Å². The molecule has 3 rings (SSSR count). The maximum absolute atomic E-state index is 12.4. The largest absolute Gasteiger partial charge is 0.490 e. The third-order valence-corrected chi connectivity index (χ3v) is 5.24. The number of hydrogen-bond donors (Lipinski definition) is 0. The second-order valence-electron chi connectivity index (χ2n) is 6.85. The monoisotopic (exact) mass is 318 g/mol. The highest BCUT2D eigenvalue weighted by Crippen LogP contribution is 2.28. The van der Waals surface area contributed by atoms with E-state index in [1.807, 2.05) is 17.9 Å². The van der Waals surface area contributed by atoms with Crippen molar-refractivity contribution in [2.45, 2.75) is 51.6 Å². The molecular weight excluding hydrogens is 292 g/mol. The molecular formula is C18H26N2O3. The number of aromatic nitrogens is 1. The van der Waals surface area contributed by atoms with Crippen molar-refractivity contribution in [3.8, 4) is 5.75 Å². The normalized spacial score (nSPS) is 20.0. The maximum atomic E-state index is 12.4. The molecule has 0 bridgehead atoms. The van der Waals surface area contributed by atoms with Crippen molar-refractivity contribution in [2.24, 2.45) is 13.0 Å². The Hall–Kier alpha value is -1.78. The molecule has 2 aliphatic rings. The Morgan fingerprint density at radius 3 is 2.39 bits per heavy atom. The molecule has 1 aliphatic heterocycles. The predicted octanol–water partition coefficient (Wildman–Crippen LogP) is 2.25. The molecule has 1 aliphatic carbocycles. The summed E-state index contributed by atoms with van der Waals surface area (Å²) in [6.07, 6.45) is 6.27. The smallest absolute Gasteiger partial charge is 0.254 e. The minimum absolute atomic E-state index is 0.0474. The van der Waals surface area contributed by atoms with Crippen molar-refractivity contribution in [3.63, 3.8) is 0 Å². The minimum atomic E-state index is -0.0474. The van der Waals surface area contributed by atoms with Gasteiger partial charge in [0, 0.05) is 50.7 Å². The molecule has 0 atom stereocenters. The van der Waals surface area contributed by atoms with Gasteiger partial charge in [-0.25, -0.2) is 0 Å². The summed E-state index contributed by atoms with van der Waals surface area (Å²) in [4.78, 5) is 26.3. The molecule has 0 N–H and O–H groups in total. The van der Waals surface area contributed by atoms with E-state index in [-0.39, 0.29) is 17.6 Å². The van der Waals surface area contributed by atoms with E-state index >= 15 is 0 Å². The lowest BCUT2D eigenvalue weighted by Gasteiger charge is -2.33. The molecule has 1 aromatic rings. The first-order valence-corrected chi connectivity index (χ1v) is 8.67. The number of ether oxygens (including phenoxy) is 1. The summed E-state index contributed by atoms with van der Waals surface area (Å²) < 4.78 is 7.58. The number of pyridine rings is 1. The van der Waals surface area contributed by atoms with Crippen LogP contribution in [0.1, 0.15) is 44.2 Å². The fourth-order valence-corrected chi connectivity index (χ4v) is 3.62. The number of piperidine rings is 1. The molecule has 0 aromatic carbocycles. The van der Waals surface area contributed by atoms with Gasteiger partial charge in [-0.2, -0.15) is 0 Å². The zero-order valence-electron chi connectivity index (χ0n) is 14.1. The van der Waals surface area contributed by atoms with Gasteiger partial charge in [-0.3, -0.25) is 9.59 Å².